The minimum atomic E-state index is -0.316. The van der Waals surface area contributed by atoms with E-state index < -0.39 is 0 Å². The van der Waals surface area contributed by atoms with E-state index in [0.29, 0.717) is 5.69 Å². The Morgan fingerprint density at radius 1 is 0.742 bits per heavy atom. The summed E-state index contributed by atoms with van der Waals surface area (Å²) in [7, 11) is 0. The molecule has 1 heterocycles. The molecule has 0 atom stereocenters. The summed E-state index contributed by atoms with van der Waals surface area (Å²) in [4.78, 5) is 17.1. The zero-order chi connectivity index (χ0) is 21.3. The minimum absolute atomic E-state index is 0.316. The van der Waals surface area contributed by atoms with Crippen LogP contribution in [0.1, 0.15) is 21.6 Å². The number of amides is 1. The number of hydrazone groups is 1. The molecule has 0 spiro atoms. The van der Waals surface area contributed by atoms with Crippen molar-refractivity contribution in [1.29, 1.82) is 0 Å². The lowest BCUT2D eigenvalue weighted by atomic mass is 10.2. The van der Waals surface area contributed by atoms with Crippen molar-refractivity contribution < 1.29 is 4.79 Å². The Labute approximate surface area is 190 Å². The maximum absolute atomic E-state index is 12.6. The van der Waals surface area contributed by atoms with Gasteiger partial charge in [0.1, 0.15) is 5.69 Å². The number of pyridine rings is 1. The fourth-order valence-electron chi connectivity index (χ4n) is 2.89. The lowest BCUT2D eigenvalue weighted by Gasteiger charge is -2.08. The van der Waals surface area contributed by atoms with E-state index in [0.717, 1.165) is 26.8 Å². The van der Waals surface area contributed by atoms with Crippen LogP contribution in [-0.2, 0) is 11.5 Å². The van der Waals surface area contributed by atoms with Gasteiger partial charge in [-0.2, -0.15) is 5.10 Å². The second kappa shape index (κ2) is 10.8. The minimum Gasteiger partial charge on any atom is -0.266 e. The largest absolute Gasteiger partial charge is 0.290 e. The van der Waals surface area contributed by atoms with Gasteiger partial charge in [-0.25, -0.2) is 10.4 Å². The smallest absolute Gasteiger partial charge is 0.266 e. The third-order valence-corrected chi connectivity index (χ3v) is 6.83. The second-order valence-corrected chi connectivity index (χ2v) is 8.94. The van der Waals surface area contributed by atoms with Crippen molar-refractivity contribution in [3.8, 4) is 0 Å². The van der Waals surface area contributed by atoms with Crippen LogP contribution in [0.25, 0.3) is 10.9 Å². The van der Waals surface area contributed by atoms with Crippen LogP contribution in [0.4, 0.5) is 0 Å². The van der Waals surface area contributed by atoms with Crippen LogP contribution in [0, 0.1) is 0 Å². The van der Waals surface area contributed by atoms with Crippen LogP contribution in [0.2, 0.25) is 0 Å². The number of benzene rings is 3. The van der Waals surface area contributed by atoms with E-state index in [1.54, 1.807) is 29.6 Å². The fourth-order valence-corrected chi connectivity index (χ4v) is 4.76. The number of aromatic nitrogens is 1. The monoisotopic (exact) mass is 443 g/mol. The number of carbonyl (C=O) groups excluding carboxylic acids is 1. The van der Waals surface area contributed by atoms with Crippen molar-refractivity contribution >= 4 is 44.7 Å². The van der Waals surface area contributed by atoms with Crippen molar-refractivity contribution in [2.75, 3.05) is 0 Å². The molecule has 0 aliphatic heterocycles. The number of thioether (sulfide) groups is 2. The molecule has 0 fully saturated rings. The maximum Gasteiger partial charge on any atom is 0.290 e. The average Bonchev–Trinajstić information content (AvgIpc) is 2.84. The van der Waals surface area contributed by atoms with E-state index in [-0.39, 0.29) is 5.91 Å². The number of nitrogens with zero attached hydrogens (tertiary/aromatic N) is 2. The Kier molecular flexibility index (Phi) is 7.37. The molecule has 154 valence electrons. The van der Waals surface area contributed by atoms with Crippen LogP contribution in [0.5, 0.6) is 0 Å². The van der Waals surface area contributed by atoms with Gasteiger partial charge in [-0.15, -0.1) is 0 Å². The number of carbonyl (C=O) groups is 1. The molecule has 0 unspecified atom stereocenters. The molecule has 1 N–H and O–H groups in total. The Bertz CT molecular complexity index is 1140. The summed E-state index contributed by atoms with van der Waals surface area (Å²) in [6.07, 6.45) is 0. The third-order valence-electron chi connectivity index (χ3n) is 4.49. The fraction of sp³-hybridized carbons (Fsp3) is 0.0800. The standard InChI is InChI=1S/C25H21N3OS2/c29-24(23-16-15-21-13-7-8-14-22(21)26-23)27-28-25(30-17-19-9-3-1-4-10-19)31-18-20-11-5-2-6-12-20/h1-16H,17-18H2,(H,27,29). The maximum atomic E-state index is 12.6. The molecule has 31 heavy (non-hydrogen) atoms. The van der Waals surface area contributed by atoms with E-state index in [1.807, 2.05) is 66.7 Å². The average molecular weight is 444 g/mol. The molecule has 1 aromatic heterocycles. The van der Waals surface area contributed by atoms with Crippen LogP contribution < -0.4 is 5.43 Å². The van der Waals surface area contributed by atoms with E-state index in [9.17, 15) is 4.79 Å². The molecular formula is C25H21N3OS2. The van der Waals surface area contributed by atoms with Crippen LogP contribution >= 0.6 is 23.5 Å². The number of para-hydroxylation sites is 1. The molecule has 6 heteroatoms. The highest BCUT2D eigenvalue weighted by molar-refractivity contribution is 8.38. The van der Waals surface area contributed by atoms with Gasteiger partial charge in [0, 0.05) is 16.9 Å². The lowest BCUT2D eigenvalue weighted by molar-refractivity contribution is 0.0950. The molecule has 4 rings (SSSR count). The lowest BCUT2D eigenvalue weighted by Crippen LogP contribution is -2.19. The summed E-state index contributed by atoms with van der Waals surface area (Å²) >= 11 is 3.22. The summed E-state index contributed by atoms with van der Waals surface area (Å²) in [5.41, 5.74) is 6.24. The first-order chi connectivity index (χ1) is 15.3. The molecule has 0 bridgehead atoms. The highest BCUT2D eigenvalue weighted by Gasteiger charge is 2.10. The normalized spacial score (nSPS) is 10.6. The van der Waals surface area contributed by atoms with Crippen molar-refractivity contribution in [3.63, 3.8) is 0 Å². The van der Waals surface area contributed by atoms with Crippen molar-refractivity contribution in [3.05, 3.63) is 114 Å². The molecular weight excluding hydrogens is 422 g/mol. The van der Waals surface area contributed by atoms with Gasteiger partial charge >= 0.3 is 0 Å². The van der Waals surface area contributed by atoms with Gasteiger partial charge in [0.25, 0.3) is 5.91 Å². The molecule has 0 saturated carbocycles. The Hall–Kier alpha value is -3.09. The molecule has 0 aliphatic carbocycles. The highest BCUT2D eigenvalue weighted by Crippen LogP contribution is 2.24. The Morgan fingerprint density at radius 3 is 1.97 bits per heavy atom. The van der Waals surface area contributed by atoms with Gasteiger partial charge in [0.15, 0.2) is 4.38 Å². The Morgan fingerprint density at radius 2 is 1.32 bits per heavy atom. The van der Waals surface area contributed by atoms with Gasteiger partial charge in [-0.3, -0.25) is 4.79 Å². The molecule has 3 aromatic carbocycles. The molecule has 4 aromatic rings. The molecule has 0 saturated heterocycles. The first-order valence-corrected chi connectivity index (χ1v) is 11.8. The second-order valence-electron chi connectivity index (χ2n) is 6.76. The topological polar surface area (TPSA) is 54.4 Å². The van der Waals surface area contributed by atoms with Crippen molar-refractivity contribution in [2.45, 2.75) is 11.5 Å². The van der Waals surface area contributed by atoms with E-state index in [2.05, 4.69) is 39.8 Å². The SMILES string of the molecule is O=C(NN=C(SCc1ccccc1)SCc1ccccc1)c1ccc2ccccc2n1. The van der Waals surface area contributed by atoms with E-state index in [4.69, 9.17) is 0 Å². The summed E-state index contributed by atoms with van der Waals surface area (Å²) in [5, 5.41) is 5.41. The zero-order valence-corrected chi connectivity index (χ0v) is 18.4. The quantitative estimate of drug-likeness (QED) is 0.222. The van der Waals surface area contributed by atoms with Crippen molar-refractivity contribution in [1.82, 2.24) is 10.4 Å². The zero-order valence-electron chi connectivity index (χ0n) is 16.8. The predicted octanol–water partition coefficient (Wildman–Crippen LogP) is 6.10. The van der Waals surface area contributed by atoms with Crippen LogP contribution in [-0.4, -0.2) is 15.3 Å². The predicted molar refractivity (Wildman–Crippen MR) is 132 cm³/mol. The number of nitrogens with one attached hydrogen (secondary N) is 1. The number of hydrogen-bond acceptors (Lipinski definition) is 5. The first-order valence-electron chi connectivity index (χ1n) is 9.85. The Balaban J connectivity index is 1.46. The first kappa shape index (κ1) is 21.2. The summed E-state index contributed by atoms with van der Waals surface area (Å²) in [6.45, 7) is 0. The van der Waals surface area contributed by atoms with Gasteiger partial charge in [-0.1, -0.05) is 108 Å². The molecule has 1 amide bonds. The molecule has 0 aliphatic rings. The van der Waals surface area contributed by atoms with Crippen LogP contribution in [0.15, 0.2) is 102 Å². The van der Waals surface area contributed by atoms with E-state index in [1.165, 1.54) is 11.1 Å². The number of hydrogen-bond donors (Lipinski definition) is 1. The van der Waals surface area contributed by atoms with Gasteiger partial charge in [0.05, 0.1) is 5.52 Å². The van der Waals surface area contributed by atoms with Gasteiger partial charge < -0.3 is 0 Å². The van der Waals surface area contributed by atoms with Gasteiger partial charge in [0.2, 0.25) is 0 Å². The van der Waals surface area contributed by atoms with Crippen LogP contribution in [0.3, 0.4) is 0 Å². The highest BCUT2D eigenvalue weighted by atomic mass is 32.2. The molecule has 4 nitrogen and oxygen atoms in total. The van der Waals surface area contributed by atoms with Crippen molar-refractivity contribution in [2.24, 2.45) is 5.10 Å². The van der Waals surface area contributed by atoms with E-state index >= 15 is 0 Å². The number of fused-ring (bicyclic) bond motifs is 1. The molecule has 0 radical (unpaired) electrons. The van der Waals surface area contributed by atoms with Gasteiger partial charge in [-0.05, 0) is 23.3 Å². The summed E-state index contributed by atoms with van der Waals surface area (Å²) in [6, 6.07) is 31.8. The summed E-state index contributed by atoms with van der Waals surface area (Å²) < 4.78 is 0.807. The summed E-state index contributed by atoms with van der Waals surface area (Å²) in [5.74, 6) is 1.25. The number of rotatable bonds is 6. The third kappa shape index (κ3) is 6.20.